The summed E-state index contributed by atoms with van der Waals surface area (Å²) in [7, 11) is 0. The third-order valence-corrected chi connectivity index (χ3v) is 5.57. The van der Waals surface area contributed by atoms with E-state index in [0.717, 1.165) is 31.2 Å². The van der Waals surface area contributed by atoms with Gasteiger partial charge in [-0.1, -0.05) is 24.6 Å². The van der Waals surface area contributed by atoms with Crippen LogP contribution in [0.1, 0.15) is 54.9 Å². The zero-order valence-electron chi connectivity index (χ0n) is 14.1. The number of hydrogen-bond acceptors (Lipinski definition) is 2. The number of rotatable bonds is 4. The molecule has 1 aromatic carbocycles. The van der Waals surface area contributed by atoms with Crippen LogP contribution in [0.4, 0.5) is 0 Å². The van der Waals surface area contributed by atoms with Crippen molar-refractivity contribution < 1.29 is 0 Å². The minimum atomic E-state index is 0.772. The van der Waals surface area contributed by atoms with E-state index in [9.17, 15) is 0 Å². The highest BCUT2D eigenvalue weighted by molar-refractivity contribution is 5.37. The predicted octanol–water partition coefficient (Wildman–Crippen LogP) is 3.72. The lowest BCUT2D eigenvalue weighted by Crippen LogP contribution is -2.48. The monoisotopic (exact) mass is 286 g/mol. The molecule has 0 saturated carbocycles. The molecule has 2 atom stereocenters. The maximum absolute atomic E-state index is 3.77. The van der Waals surface area contributed by atoms with E-state index in [-0.39, 0.29) is 0 Å². The Morgan fingerprint density at radius 2 is 1.62 bits per heavy atom. The molecule has 2 fully saturated rings. The fourth-order valence-electron chi connectivity index (χ4n) is 4.49. The molecule has 1 aromatic rings. The Bertz CT molecular complexity index is 473. The molecular formula is C19H30N2. The van der Waals surface area contributed by atoms with Crippen LogP contribution in [-0.2, 0) is 6.54 Å². The summed E-state index contributed by atoms with van der Waals surface area (Å²) in [5.74, 6) is 0. The zero-order chi connectivity index (χ0) is 15.0. The summed E-state index contributed by atoms with van der Waals surface area (Å²) >= 11 is 0. The smallest absolute Gasteiger partial charge is 0.0241 e. The van der Waals surface area contributed by atoms with E-state index in [1.807, 2.05) is 0 Å². The second-order valence-corrected chi connectivity index (χ2v) is 7.20. The molecule has 21 heavy (non-hydrogen) atoms. The Kier molecular flexibility index (Phi) is 4.37. The summed E-state index contributed by atoms with van der Waals surface area (Å²) in [5.41, 5.74) is 5.86. The molecule has 0 radical (unpaired) electrons. The van der Waals surface area contributed by atoms with Crippen LogP contribution in [0.3, 0.4) is 0 Å². The molecule has 1 N–H and O–H groups in total. The van der Waals surface area contributed by atoms with Crippen molar-refractivity contribution in [3.05, 3.63) is 34.4 Å². The molecule has 2 unspecified atom stereocenters. The summed E-state index contributed by atoms with van der Waals surface area (Å²) in [6.45, 7) is 11.4. The number of nitrogens with zero attached hydrogens (tertiary/aromatic N) is 1. The van der Waals surface area contributed by atoms with Crippen LogP contribution in [0.5, 0.6) is 0 Å². The maximum Gasteiger partial charge on any atom is 0.0241 e. The first kappa shape index (κ1) is 15.1. The fraction of sp³-hybridized carbons (Fsp3) is 0.684. The molecule has 2 heteroatoms. The highest BCUT2D eigenvalue weighted by Gasteiger charge is 2.35. The number of nitrogens with one attached hydrogen (secondary N) is 1. The molecule has 0 spiro atoms. The summed E-state index contributed by atoms with van der Waals surface area (Å²) < 4.78 is 0. The summed E-state index contributed by atoms with van der Waals surface area (Å²) in [4.78, 5) is 2.72. The number of fused-ring (bicyclic) bond motifs is 2. The number of benzene rings is 1. The van der Waals surface area contributed by atoms with Gasteiger partial charge in [0.2, 0.25) is 0 Å². The number of hydrogen-bond donors (Lipinski definition) is 1. The summed E-state index contributed by atoms with van der Waals surface area (Å²) in [6.07, 6.45) is 5.46. The molecule has 2 nitrogen and oxygen atoms in total. The van der Waals surface area contributed by atoms with Gasteiger partial charge in [-0.3, -0.25) is 4.90 Å². The van der Waals surface area contributed by atoms with Gasteiger partial charge in [-0.2, -0.15) is 0 Å². The van der Waals surface area contributed by atoms with Crippen LogP contribution in [0, 0.1) is 20.8 Å². The Morgan fingerprint density at radius 3 is 2.14 bits per heavy atom. The number of piperidine rings is 1. The fourth-order valence-corrected chi connectivity index (χ4v) is 4.49. The topological polar surface area (TPSA) is 15.3 Å². The predicted molar refractivity (Wildman–Crippen MR) is 89.7 cm³/mol. The zero-order valence-corrected chi connectivity index (χ0v) is 14.1. The van der Waals surface area contributed by atoms with Gasteiger partial charge in [0.05, 0.1) is 0 Å². The molecule has 2 aliphatic rings. The van der Waals surface area contributed by atoms with Crippen LogP contribution in [-0.4, -0.2) is 29.6 Å². The van der Waals surface area contributed by atoms with Crippen LogP contribution < -0.4 is 5.32 Å². The molecule has 2 aliphatic heterocycles. The van der Waals surface area contributed by atoms with Crippen LogP contribution in [0.25, 0.3) is 0 Å². The molecule has 0 aromatic heterocycles. The maximum atomic E-state index is 3.77. The standard InChI is InChI=1S/C19H30N2/c1-5-21(18-10-16-6-7-17(11-18)20-16)12-19-14(3)8-13(2)9-15(19)4/h8-9,16-18,20H,5-7,10-12H2,1-4H3. The molecule has 3 rings (SSSR count). The lowest BCUT2D eigenvalue weighted by molar-refractivity contribution is 0.140. The van der Waals surface area contributed by atoms with Crippen LogP contribution >= 0.6 is 0 Å². The highest BCUT2D eigenvalue weighted by Crippen LogP contribution is 2.31. The number of aryl methyl sites for hydroxylation is 3. The van der Waals surface area contributed by atoms with E-state index in [1.54, 1.807) is 5.56 Å². The SMILES string of the molecule is CCN(Cc1c(C)cc(C)cc1C)C1CC2CCC(C1)N2. The van der Waals surface area contributed by atoms with Gasteiger partial charge in [0.25, 0.3) is 0 Å². The van der Waals surface area contributed by atoms with Gasteiger partial charge in [-0.25, -0.2) is 0 Å². The second kappa shape index (κ2) is 6.10. The van der Waals surface area contributed by atoms with Gasteiger partial charge < -0.3 is 5.32 Å². The van der Waals surface area contributed by atoms with Crippen molar-refractivity contribution >= 4 is 0 Å². The van der Waals surface area contributed by atoms with E-state index >= 15 is 0 Å². The first-order valence-electron chi connectivity index (χ1n) is 8.63. The van der Waals surface area contributed by atoms with Crippen molar-refractivity contribution in [3.63, 3.8) is 0 Å². The van der Waals surface area contributed by atoms with Crippen molar-refractivity contribution in [3.8, 4) is 0 Å². The third kappa shape index (κ3) is 3.17. The quantitative estimate of drug-likeness (QED) is 0.907. The third-order valence-electron chi connectivity index (χ3n) is 5.57. The Hall–Kier alpha value is -0.860. The highest BCUT2D eigenvalue weighted by atomic mass is 15.2. The van der Waals surface area contributed by atoms with Crippen molar-refractivity contribution in [1.82, 2.24) is 10.2 Å². The Balaban J connectivity index is 1.76. The normalized spacial score (nSPS) is 28.3. The second-order valence-electron chi connectivity index (χ2n) is 7.20. The van der Waals surface area contributed by atoms with Crippen molar-refractivity contribution in [2.75, 3.05) is 6.54 Å². The van der Waals surface area contributed by atoms with E-state index in [1.165, 1.54) is 42.4 Å². The lowest BCUT2D eigenvalue weighted by Gasteiger charge is -2.38. The van der Waals surface area contributed by atoms with Gasteiger partial charge in [0.15, 0.2) is 0 Å². The van der Waals surface area contributed by atoms with E-state index in [4.69, 9.17) is 0 Å². The average molecular weight is 286 g/mol. The molecule has 0 amide bonds. The minimum Gasteiger partial charge on any atom is -0.311 e. The first-order valence-corrected chi connectivity index (χ1v) is 8.63. The van der Waals surface area contributed by atoms with Gasteiger partial charge in [0, 0.05) is 24.7 Å². The van der Waals surface area contributed by atoms with Gasteiger partial charge in [0.1, 0.15) is 0 Å². The van der Waals surface area contributed by atoms with Gasteiger partial charge >= 0.3 is 0 Å². The van der Waals surface area contributed by atoms with Crippen molar-refractivity contribution in [2.24, 2.45) is 0 Å². The summed E-state index contributed by atoms with van der Waals surface area (Å²) in [6, 6.07) is 7.00. The van der Waals surface area contributed by atoms with Crippen molar-refractivity contribution in [2.45, 2.75) is 78.0 Å². The van der Waals surface area contributed by atoms with E-state index < -0.39 is 0 Å². The Labute approximate surface area is 129 Å². The van der Waals surface area contributed by atoms with Gasteiger partial charge in [-0.15, -0.1) is 0 Å². The minimum absolute atomic E-state index is 0.772. The van der Waals surface area contributed by atoms with Crippen LogP contribution in [0.2, 0.25) is 0 Å². The molecule has 2 saturated heterocycles. The first-order chi connectivity index (χ1) is 10.1. The average Bonchev–Trinajstić information content (AvgIpc) is 2.77. The van der Waals surface area contributed by atoms with Gasteiger partial charge in [-0.05, 0) is 69.7 Å². The summed E-state index contributed by atoms with van der Waals surface area (Å²) in [5, 5.41) is 3.77. The molecule has 116 valence electrons. The van der Waals surface area contributed by atoms with E-state index in [2.05, 4.69) is 50.0 Å². The molecule has 0 aliphatic carbocycles. The van der Waals surface area contributed by atoms with E-state index in [0.29, 0.717) is 0 Å². The molecule has 2 bridgehead atoms. The lowest BCUT2D eigenvalue weighted by atomic mass is 9.95. The van der Waals surface area contributed by atoms with Crippen LogP contribution in [0.15, 0.2) is 12.1 Å². The van der Waals surface area contributed by atoms with Crippen molar-refractivity contribution in [1.29, 1.82) is 0 Å². The molecular weight excluding hydrogens is 256 g/mol. The molecule has 2 heterocycles. The Morgan fingerprint density at radius 1 is 1.05 bits per heavy atom. The largest absolute Gasteiger partial charge is 0.311 e.